The summed E-state index contributed by atoms with van der Waals surface area (Å²) in [5.74, 6) is -1.61. The van der Waals surface area contributed by atoms with E-state index in [2.05, 4.69) is 0 Å². The van der Waals surface area contributed by atoms with Gasteiger partial charge < -0.3 is 34.2 Å². The van der Waals surface area contributed by atoms with E-state index in [1.165, 1.54) is 48.7 Å². The monoisotopic (exact) mass is 568 g/mol. The molecule has 0 radical (unpaired) electrons. The molecule has 210 valence electrons. The Kier molecular flexibility index (Phi) is 8.29. The standard InChI is InChI=1S/C28H28N2O9S/c1-34-16-9-7-14(11-18(16)36-3)20-13-21(31)30-25(29)23(27(32)38-5)22(24(26(30)40-20)28(33)39-6)15-8-10-17(35-2)19(12-15)37-4/h7-13,22H,29H2,1-6H3. The number of esters is 2. The lowest BCUT2D eigenvalue weighted by Gasteiger charge is -2.38. The van der Waals surface area contributed by atoms with Gasteiger partial charge in [-0.2, -0.15) is 0 Å². The number of carbonyl (C=O) groups excluding carboxylic acids is 3. The summed E-state index contributed by atoms with van der Waals surface area (Å²) in [6, 6.07) is 10.1. The van der Waals surface area contributed by atoms with E-state index >= 15 is 0 Å². The van der Waals surface area contributed by atoms with Gasteiger partial charge in [-0.1, -0.05) is 17.8 Å². The first-order valence-corrected chi connectivity index (χ1v) is 12.6. The molecule has 0 fully saturated rings. The van der Waals surface area contributed by atoms with Crippen molar-refractivity contribution in [3.05, 3.63) is 75.6 Å². The summed E-state index contributed by atoms with van der Waals surface area (Å²) in [5, 5.41) is 0.189. The Morgan fingerprint density at radius 2 is 1.32 bits per heavy atom. The first-order chi connectivity index (χ1) is 19.2. The second-order valence-corrected chi connectivity index (χ2v) is 9.43. The number of amides is 1. The molecule has 40 heavy (non-hydrogen) atoms. The van der Waals surface area contributed by atoms with Crippen LogP contribution < -0.4 is 24.7 Å². The molecule has 1 atom stereocenters. The lowest BCUT2D eigenvalue weighted by Crippen LogP contribution is -2.42. The average molecular weight is 569 g/mol. The van der Waals surface area contributed by atoms with E-state index < -0.39 is 23.8 Å². The van der Waals surface area contributed by atoms with E-state index in [-0.39, 0.29) is 22.0 Å². The summed E-state index contributed by atoms with van der Waals surface area (Å²) in [6.07, 6.45) is 1.36. The number of thioether (sulfide) groups is 1. The molecule has 0 spiro atoms. The molecule has 1 unspecified atom stereocenters. The molecule has 1 amide bonds. The highest BCUT2D eigenvalue weighted by Crippen LogP contribution is 2.51. The normalized spacial score (nSPS) is 16.6. The van der Waals surface area contributed by atoms with Gasteiger partial charge in [0.1, 0.15) is 10.9 Å². The number of hydrogen-bond acceptors (Lipinski definition) is 11. The minimum atomic E-state index is -1.06. The van der Waals surface area contributed by atoms with Gasteiger partial charge in [0.25, 0.3) is 5.91 Å². The molecule has 2 aliphatic heterocycles. The fourth-order valence-electron chi connectivity index (χ4n) is 4.54. The molecule has 0 aromatic heterocycles. The van der Waals surface area contributed by atoms with Crippen LogP contribution in [0.3, 0.4) is 0 Å². The third-order valence-corrected chi connectivity index (χ3v) is 7.60. The predicted molar refractivity (Wildman–Crippen MR) is 147 cm³/mol. The summed E-state index contributed by atoms with van der Waals surface area (Å²) in [7, 11) is 8.38. The third-order valence-electron chi connectivity index (χ3n) is 6.43. The Labute approximate surface area is 235 Å². The van der Waals surface area contributed by atoms with E-state index in [1.54, 1.807) is 36.4 Å². The lowest BCUT2D eigenvalue weighted by molar-refractivity contribution is -0.137. The second kappa shape index (κ2) is 11.7. The number of nitrogens with zero attached hydrogens (tertiary/aromatic N) is 1. The smallest absolute Gasteiger partial charge is 0.338 e. The van der Waals surface area contributed by atoms with Crippen molar-refractivity contribution in [3.63, 3.8) is 0 Å². The zero-order valence-corrected chi connectivity index (χ0v) is 23.5. The van der Waals surface area contributed by atoms with Gasteiger partial charge in [-0.25, -0.2) is 9.59 Å². The van der Waals surface area contributed by atoms with Crippen molar-refractivity contribution in [2.45, 2.75) is 5.92 Å². The van der Waals surface area contributed by atoms with Crippen molar-refractivity contribution >= 4 is 34.5 Å². The number of rotatable bonds is 8. The van der Waals surface area contributed by atoms with Crippen LogP contribution in [0.15, 0.2) is 64.5 Å². The molecular weight excluding hydrogens is 540 g/mol. The van der Waals surface area contributed by atoms with Crippen LogP contribution in [0.4, 0.5) is 0 Å². The van der Waals surface area contributed by atoms with E-state index in [0.29, 0.717) is 39.0 Å². The summed E-state index contributed by atoms with van der Waals surface area (Å²) in [4.78, 5) is 41.7. The van der Waals surface area contributed by atoms with Gasteiger partial charge in [-0.15, -0.1) is 0 Å². The number of methoxy groups -OCH3 is 6. The minimum absolute atomic E-state index is 0.0220. The molecule has 12 heteroatoms. The number of hydrogen-bond donors (Lipinski definition) is 1. The quantitative estimate of drug-likeness (QED) is 0.470. The fraction of sp³-hybridized carbons (Fsp3) is 0.250. The molecule has 2 aromatic rings. The highest BCUT2D eigenvalue weighted by Gasteiger charge is 2.46. The predicted octanol–water partition coefficient (Wildman–Crippen LogP) is 3.16. The van der Waals surface area contributed by atoms with Gasteiger partial charge in [0.2, 0.25) is 0 Å². The SMILES string of the molecule is COC(=O)C1=C(N)N2C(=O)C=C(c3ccc(OC)c(OC)c3)SC2=C(C(=O)OC)C1c1ccc(OC)c(OC)c1. The topological polar surface area (TPSA) is 136 Å². The molecule has 4 rings (SSSR count). The summed E-state index contributed by atoms with van der Waals surface area (Å²) < 4.78 is 31.7. The maximum Gasteiger partial charge on any atom is 0.338 e. The number of benzene rings is 2. The maximum absolute atomic E-state index is 13.5. The number of carbonyl (C=O) groups is 3. The zero-order valence-electron chi connectivity index (χ0n) is 22.7. The minimum Gasteiger partial charge on any atom is -0.493 e. The van der Waals surface area contributed by atoms with Crippen molar-refractivity contribution in [2.75, 3.05) is 42.7 Å². The van der Waals surface area contributed by atoms with Crippen molar-refractivity contribution < 1.29 is 42.8 Å². The second-order valence-electron chi connectivity index (χ2n) is 8.40. The van der Waals surface area contributed by atoms with Crippen LogP contribution in [0.5, 0.6) is 23.0 Å². The summed E-state index contributed by atoms with van der Waals surface area (Å²) in [6.45, 7) is 0. The lowest BCUT2D eigenvalue weighted by atomic mass is 9.82. The summed E-state index contributed by atoms with van der Waals surface area (Å²) >= 11 is 1.12. The molecule has 0 bridgehead atoms. The van der Waals surface area contributed by atoms with Crippen LogP contribution in [-0.4, -0.2) is 65.4 Å². The number of ether oxygens (including phenoxy) is 6. The van der Waals surface area contributed by atoms with Crippen LogP contribution in [0, 0.1) is 0 Å². The van der Waals surface area contributed by atoms with Crippen LogP contribution >= 0.6 is 11.8 Å². The zero-order chi connectivity index (χ0) is 29.1. The average Bonchev–Trinajstić information content (AvgIpc) is 2.98. The largest absolute Gasteiger partial charge is 0.493 e. The van der Waals surface area contributed by atoms with E-state index in [0.717, 1.165) is 16.7 Å². The molecule has 2 aromatic carbocycles. The van der Waals surface area contributed by atoms with Crippen molar-refractivity contribution in [2.24, 2.45) is 5.73 Å². The summed E-state index contributed by atoms with van der Waals surface area (Å²) in [5.41, 5.74) is 7.51. The Morgan fingerprint density at radius 3 is 1.90 bits per heavy atom. The third kappa shape index (κ3) is 4.81. The molecule has 2 heterocycles. The highest BCUT2D eigenvalue weighted by molar-refractivity contribution is 8.11. The van der Waals surface area contributed by atoms with Crippen LogP contribution in [-0.2, 0) is 23.9 Å². The number of fused-ring (bicyclic) bond motifs is 1. The first-order valence-electron chi connectivity index (χ1n) is 11.8. The molecule has 2 aliphatic rings. The van der Waals surface area contributed by atoms with E-state index in [1.807, 2.05) is 0 Å². The van der Waals surface area contributed by atoms with E-state index in [9.17, 15) is 14.4 Å². The first kappa shape index (κ1) is 28.4. The molecular formula is C28H28N2O9S. The fourth-order valence-corrected chi connectivity index (χ4v) is 5.74. The molecule has 0 aliphatic carbocycles. The molecule has 0 saturated carbocycles. The van der Waals surface area contributed by atoms with Gasteiger partial charge in [0.15, 0.2) is 23.0 Å². The highest BCUT2D eigenvalue weighted by atomic mass is 32.2. The Bertz CT molecular complexity index is 1480. The molecule has 0 saturated heterocycles. The van der Waals surface area contributed by atoms with E-state index in [4.69, 9.17) is 34.2 Å². The van der Waals surface area contributed by atoms with Gasteiger partial charge >= 0.3 is 11.9 Å². The van der Waals surface area contributed by atoms with Crippen LogP contribution in [0.1, 0.15) is 17.0 Å². The van der Waals surface area contributed by atoms with Gasteiger partial charge in [-0.05, 0) is 41.5 Å². The Morgan fingerprint density at radius 1 is 0.775 bits per heavy atom. The van der Waals surface area contributed by atoms with Crippen LogP contribution in [0.2, 0.25) is 0 Å². The maximum atomic E-state index is 13.5. The van der Waals surface area contributed by atoms with Crippen molar-refractivity contribution in [3.8, 4) is 23.0 Å². The van der Waals surface area contributed by atoms with Crippen molar-refractivity contribution in [1.29, 1.82) is 0 Å². The van der Waals surface area contributed by atoms with Crippen molar-refractivity contribution in [1.82, 2.24) is 4.90 Å². The molecule has 2 N–H and O–H groups in total. The molecule has 11 nitrogen and oxygen atoms in total. The Hall–Kier alpha value is -4.58. The van der Waals surface area contributed by atoms with Crippen LogP contribution in [0.25, 0.3) is 4.91 Å². The Balaban J connectivity index is 1.98. The number of nitrogens with two attached hydrogens (primary N) is 1. The van der Waals surface area contributed by atoms with Gasteiger partial charge in [-0.3, -0.25) is 9.69 Å². The van der Waals surface area contributed by atoms with Gasteiger partial charge in [0, 0.05) is 11.0 Å². The van der Waals surface area contributed by atoms with Gasteiger partial charge in [0.05, 0.1) is 59.7 Å².